The summed E-state index contributed by atoms with van der Waals surface area (Å²) in [5.41, 5.74) is 2.18. The highest BCUT2D eigenvalue weighted by Gasteiger charge is 2.46. The van der Waals surface area contributed by atoms with E-state index >= 15 is 0 Å². The van der Waals surface area contributed by atoms with Crippen molar-refractivity contribution in [1.82, 2.24) is 10.2 Å². The van der Waals surface area contributed by atoms with E-state index in [1.165, 1.54) is 19.3 Å². The summed E-state index contributed by atoms with van der Waals surface area (Å²) in [5.74, 6) is 1.67. The van der Waals surface area contributed by atoms with Crippen molar-refractivity contribution in [3.63, 3.8) is 0 Å². The summed E-state index contributed by atoms with van der Waals surface area (Å²) in [7, 11) is 0. The van der Waals surface area contributed by atoms with Crippen molar-refractivity contribution < 1.29 is 19.1 Å². The van der Waals surface area contributed by atoms with Crippen LogP contribution in [0.3, 0.4) is 0 Å². The third-order valence-corrected chi connectivity index (χ3v) is 7.23. The van der Waals surface area contributed by atoms with E-state index in [9.17, 15) is 9.59 Å². The molecule has 1 aromatic rings. The van der Waals surface area contributed by atoms with Gasteiger partial charge in [-0.3, -0.25) is 4.79 Å². The van der Waals surface area contributed by atoms with Crippen LogP contribution in [0.2, 0.25) is 0 Å². The first-order valence-corrected chi connectivity index (χ1v) is 12.3. The van der Waals surface area contributed by atoms with E-state index in [-0.39, 0.29) is 18.1 Å². The van der Waals surface area contributed by atoms with Crippen LogP contribution in [-0.2, 0) is 4.74 Å². The van der Waals surface area contributed by atoms with Gasteiger partial charge in [-0.2, -0.15) is 0 Å². The van der Waals surface area contributed by atoms with Crippen LogP contribution in [0.5, 0.6) is 5.75 Å². The van der Waals surface area contributed by atoms with Crippen LogP contribution in [-0.4, -0.2) is 48.7 Å². The van der Waals surface area contributed by atoms with Gasteiger partial charge >= 0.3 is 6.09 Å². The number of ether oxygens (including phenoxy) is 2. The van der Waals surface area contributed by atoms with Gasteiger partial charge in [-0.25, -0.2) is 4.79 Å². The lowest BCUT2D eigenvalue weighted by Crippen LogP contribution is -2.49. The number of carbonyl (C=O) groups is 2. The molecule has 0 bridgehead atoms. The molecule has 3 fully saturated rings. The zero-order chi connectivity index (χ0) is 22.7. The molecule has 4 rings (SSSR count). The second-order valence-corrected chi connectivity index (χ2v) is 10.4. The van der Waals surface area contributed by atoms with Gasteiger partial charge < -0.3 is 19.7 Å². The van der Waals surface area contributed by atoms with E-state index in [2.05, 4.69) is 5.32 Å². The molecule has 1 aliphatic heterocycles. The predicted octanol–water partition coefficient (Wildman–Crippen LogP) is 5.08. The van der Waals surface area contributed by atoms with Crippen LogP contribution in [0, 0.1) is 18.3 Å². The summed E-state index contributed by atoms with van der Waals surface area (Å²) in [6.07, 6.45) is 9.00. The Kier molecular flexibility index (Phi) is 6.96. The van der Waals surface area contributed by atoms with Gasteiger partial charge in [0.05, 0.1) is 12.7 Å². The molecule has 1 heterocycles. The largest absolute Gasteiger partial charge is 0.493 e. The quantitative estimate of drug-likeness (QED) is 0.570. The van der Waals surface area contributed by atoms with Gasteiger partial charge in [-0.05, 0) is 107 Å². The third-order valence-electron chi connectivity index (χ3n) is 7.23. The van der Waals surface area contributed by atoms with Crippen molar-refractivity contribution in [2.45, 2.75) is 84.3 Å². The van der Waals surface area contributed by atoms with Crippen LogP contribution < -0.4 is 10.1 Å². The van der Waals surface area contributed by atoms with Gasteiger partial charge in [0.1, 0.15) is 5.75 Å². The Labute approximate surface area is 192 Å². The van der Waals surface area contributed by atoms with E-state index < -0.39 is 0 Å². The Balaban J connectivity index is 1.12. The fraction of sp³-hybridized carbons (Fsp3) is 0.692. The monoisotopic (exact) mass is 442 g/mol. The lowest BCUT2D eigenvalue weighted by molar-refractivity contribution is -0.0203. The maximum atomic E-state index is 12.2. The number of nitrogens with one attached hydrogen (secondary N) is 1. The van der Waals surface area contributed by atoms with Crippen molar-refractivity contribution in [3.8, 4) is 5.75 Å². The molecule has 2 amide bonds. The molecule has 2 aliphatic carbocycles. The van der Waals surface area contributed by atoms with Gasteiger partial charge in [0.2, 0.25) is 0 Å². The molecule has 6 nitrogen and oxygen atoms in total. The van der Waals surface area contributed by atoms with Gasteiger partial charge in [0, 0.05) is 24.7 Å². The third kappa shape index (κ3) is 5.76. The van der Waals surface area contributed by atoms with E-state index in [0.29, 0.717) is 23.6 Å². The molecule has 32 heavy (non-hydrogen) atoms. The Morgan fingerprint density at radius 3 is 2.53 bits per heavy atom. The fourth-order valence-corrected chi connectivity index (χ4v) is 5.22. The molecule has 2 saturated carbocycles. The molecular weight excluding hydrogens is 404 g/mol. The van der Waals surface area contributed by atoms with Gasteiger partial charge in [-0.15, -0.1) is 0 Å². The van der Waals surface area contributed by atoms with Crippen LogP contribution in [0.4, 0.5) is 4.79 Å². The molecule has 0 aromatic heterocycles. The minimum Gasteiger partial charge on any atom is -0.493 e. The molecule has 1 aromatic carbocycles. The number of likely N-dealkylation sites (tertiary alicyclic amines) is 1. The summed E-state index contributed by atoms with van der Waals surface area (Å²) < 4.78 is 11.3. The van der Waals surface area contributed by atoms with E-state index in [4.69, 9.17) is 9.47 Å². The molecule has 1 N–H and O–H groups in total. The maximum Gasteiger partial charge on any atom is 0.410 e. The summed E-state index contributed by atoms with van der Waals surface area (Å²) in [6, 6.07) is 6.08. The first kappa shape index (κ1) is 22.9. The first-order chi connectivity index (χ1) is 15.3. The first-order valence-electron chi connectivity index (χ1n) is 12.3. The van der Waals surface area contributed by atoms with Crippen LogP contribution in [0.25, 0.3) is 0 Å². The molecule has 1 saturated heterocycles. The van der Waals surface area contributed by atoms with Crippen LogP contribution >= 0.6 is 0 Å². The Bertz CT molecular complexity index is 817. The molecule has 0 radical (unpaired) electrons. The number of aryl methyl sites for hydroxylation is 1. The van der Waals surface area contributed by atoms with Crippen molar-refractivity contribution in [2.75, 3.05) is 19.7 Å². The Morgan fingerprint density at radius 2 is 1.91 bits per heavy atom. The lowest BCUT2D eigenvalue weighted by Gasteiger charge is -2.52. The van der Waals surface area contributed by atoms with E-state index in [1.54, 1.807) is 0 Å². The number of hydrogen-bond acceptors (Lipinski definition) is 4. The standard InChI is InChI=1S/C26H38N2O4/c1-18(2)32-25(30)28-12-10-26(11-13-28)16-20(17-26)5-4-14-31-23-9-6-21(15-19(23)3)24(29)27-22-7-8-22/h6,9,15,18,20,22H,4-5,7-8,10-14,16-17H2,1-3H3,(H,27,29). The Morgan fingerprint density at radius 1 is 1.19 bits per heavy atom. The lowest BCUT2D eigenvalue weighted by atomic mass is 9.56. The normalized spacial score (nSPS) is 20.2. The number of amides is 2. The van der Waals surface area contributed by atoms with Gasteiger partial charge in [-0.1, -0.05) is 0 Å². The van der Waals surface area contributed by atoms with Crippen molar-refractivity contribution in [1.29, 1.82) is 0 Å². The summed E-state index contributed by atoms with van der Waals surface area (Å²) in [5, 5.41) is 3.03. The highest BCUT2D eigenvalue weighted by Crippen LogP contribution is 2.54. The summed E-state index contributed by atoms with van der Waals surface area (Å²) >= 11 is 0. The molecular formula is C26H38N2O4. The minimum absolute atomic E-state index is 0.0173. The molecule has 6 heteroatoms. The molecule has 3 aliphatic rings. The fourth-order valence-electron chi connectivity index (χ4n) is 5.22. The summed E-state index contributed by atoms with van der Waals surface area (Å²) in [6.45, 7) is 8.17. The predicted molar refractivity (Wildman–Crippen MR) is 124 cm³/mol. The van der Waals surface area contributed by atoms with Crippen molar-refractivity contribution in [3.05, 3.63) is 29.3 Å². The molecule has 0 unspecified atom stereocenters. The zero-order valence-corrected chi connectivity index (χ0v) is 19.8. The van der Waals surface area contributed by atoms with Gasteiger partial charge in [0.25, 0.3) is 5.91 Å². The molecule has 1 spiro atoms. The number of nitrogens with zero attached hydrogens (tertiary/aromatic N) is 1. The van der Waals surface area contributed by atoms with Crippen LogP contribution in [0.1, 0.15) is 81.1 Å². The minimum atomic E-state index is -0.158. The average Bonchev–Trinajstić information content (AvgIpc) is 3.54. The number of carbonyl (C=O) groups excluding carboxylic acids is 2. The maximum absolute atomic E-state index is 12.2. The highest BCUT2D eigenvalue weighted by atomic mass is 16.6. The molecule has 176 valence electrons. The number of hydrogen-bond donors (Lipinski definition) is 1. The topological polar surface area (TPSA) is 67.9 Å². The second kappa shape index (κ2) is 9.72. The number of piperidine rings is 1. The van der Waals surface area contributed by atoms with Crippen molar-refractivity contribution in [2.24, 2.45) is 11.3 Å². The van der Waals surface area contributed by atoms with E-state index in [0.717, 1.165) is 62.4 Å². The summed E-state index contributed by atoms with van der Waals surface area (Å²) in [4.78, 5) is 26.1. The van der Waals surface area contributed by atoms with Crippen molar-refractivity contribution >= 4 is 12.0 Å². The van der Waals surface area contributed by atoms with E-state index in [1.807, 2.05) is 43.9 Å². The smallest absolute Gasteiger partial charge is 0.410 e. The van der Waals surface area contributed by atoms with Gasteiger partial charge in [0.15, 0.2) is 0 Å². The Hall–Kier alpha value is -2.24. The number of rotatable bonds is 8. The number of benzene rings is 1. The molecule has 0 atom stereocenters. The average molecular weight is 443 g/mol. The zero-order valence-electron chi connectivity index (χ0n) is 19.8. The highest BCUT2D eigenvalue weighted by molar-refractivity contribution is 5.94. The second-order valence-electron chi connectivity index (χ2n) is 10.4. The SMILES string of the molecule is Cc1cc(C(=O)NC2CC2)ccc1OCCCC1CC2(CCN(C(=O)OC(C)C)CC2)C1. The van der Waals surface area contributed by atoms with Crippen LogP contribution in [0.15, 0.2) is 18.2 Å².